The third kappa shape index (κ3) is 4.06. The van der Waals surface area contributed by atoms with E-state index in [1.165, 1.54) is 36.5 Å². The van der Waals surface area contributed by atoms with Gasteiger partial charge in [-0.25, -0.2) is 19.3 Å². The average molecular weight is 462 g/mol. The molecule has 2 fully saturated rings. The van der Waals surface area contributed by atoms with Crippen molar-refractivity contribution >= 4 is 28.7 Å². The maximum absolute atomic E-state index is 13.4. The van der Waals surface area contributed by atoms with E-state index in [1.54, 1.807) is 16.7 Å². The molecule has 1 aliphatic carbocycles. The molecule has 32 heavy (non-hydrogen) atoms. The molecule has 170 valence electrons. The van der Waals surface area contributed by atoms with E-state index in [1.807, 2.05) is 0 Å². The fourth-order valence-corrected chi connectivity index (χ4v) is 5.26. The van der Waals surface area contributed by atoms with Gasteiger partial charge in [-0.05, 0) is 37.5 Å². The second kappa shape index (κ2) is 8.91. The summed E-state index contributed by atoms with van der Waals surface area (Å²) in [5.74, 6) is 0.512. The number of nitrogens with one attached hydrogen (secondary N) is 1. The Bertz CT molecular complexity index is 1100. The molecule has 2 aliphatic rings. The van der Waals surface area contributed by atoms with Crippen LogP contribution in [0.25, 0.3) is 11.2 Å². The second-order valence-electron chi connectivity index (χ2n) is 8.11. The first-order valence-electron chi connectivity index (χ1n) is 10.5. The van der Waals surface area contributed by atoms with Crippen LogP contribution in [0.3, 0.4) is 0 Å². The van der Waals surface area contributed by atoms with Crippen molar-refractivity contribution in [3.63, 3.8) is 0 Å². The lowest BCUT2D eigenvalue weighted by molar-refractivity contribution is -0.0289. The molecule has 3 aromatic rings. The van der Waals surface area contributed by atoms with Gasteiger partial charge in [0.1, 0.15) is 24.4 Å². The quantitative estimate of drug-likeness (QED) is 0.406. The summed E-state index contributed by atoms with van der Waals surface area (Å²) >= 11 is 1.34. The first-order valence-corrected chi connectivity index (χ1v) is 11.5. The van der Waals surface area contributed by atoms with Gasteiger partial charge in [0.2, 0.25) is 0 Å². The van der Waals surface area contributed by atoms with Gasteiger partial charge < -0.3 is 25.4 Å². The van der Waals surface area contributed by atoms with E-state index in [4.69, 9.17) is 4.74 Å². The Morgan fingerprint density at radius 2 is 2.03 bits per heavy atom. The van der Waals surface area contributed by atoms with Gasteiger partial charge in [0.25, 0.3) is 0 Å². The smallest absolute Gasteiger partial charge is 0.167 e. The van der Waals surface area contributed by atoms with Gasteiger partial charge >= 0.3 is 0 Å². The number of aliphatic hydroxyl groups is 3. The van der Waals surface area contributed by atoms with Crippen molar-refractivity contribution in [2.24, 2.45) is 0 Å². The number of benzene rings is 1. The summed E-state index contributed by atoms with van der Waals surface area (Å²) in [5.41, 5.74) is 0.944. The Morgan fingerprint density at radius 1 is 1.16 bits per heavy atom. The number of halogens is 1. The summed E-state index contributed by atoms with van der Waals surface area (Å²) in [6.45, 7) is 0. The van der Waals surface area contributed by atoms with Gasteiger partial charge in [0.15, 0.2) is 23.2 Å². The fourth-order valence-electron chi connectivity index (χ4n) is 4.26. The van der Waals surface area contributed by atoms with E-state index in [0.717, 1.165) is 19.3 Å². The number of aromatic nitrogens is 4. The maximum Gasteiger partial charge on any atom is 0.167 e. The highest BCUT2D eigenvalue weighted by molar-refractivity contribution is 7.99. The van der Waals surface area contributed by atoms with Gasteiger partial charge in [-0.3, -0.25) is 4.57 Å². The molecular formula is C21H24FN5O4S. The van der Waals surface area contributed by atoms with Crippen molar-refractivity contribution in [2.45, 2.75) is 60.8 Å². The Kier molecular flexibility index (Phi) is 5.99. The lowest BCUT2D eigenvalue weighted by Gasteiger charge is -2.18. The summed E-state index contributed by atoms with van der Waals surface area (Å²) in [7, 11) is 0. The van der Waals surface area contributed by atoms with E-state index < -0.39 is 30.6 Å². The van der Waals surface area contributed by atoms with E-state index in [9.17, 15) is 19.7 Å². The molecule has 5 rings (SSSR count). The minimum Gasteiger partial charge on any atom is -0.391 e. The Labute approximate surface area is 187 Å². The third-order valence-corrected chi connectivity index (χ3v) is 7.06. The number of hydrogen-bond donors (Lipinski definition) is 4. The van der Waals surface area contributed by atoms with Crippen molar-refractivity contribution in [3.8, 4) is 0 Å². The molecule has 6 atom stereocenters. The minimum atomic E-state index is -1.19. The van der Waals surface area contributed by atoms with Crippen molar-refractivity contribution in [2.75, 3.05) is 11.1 Å². The molecule has 3 heterocycles. The van der Waals surface area contributed by atoms with Crippen molar-refractivity contribution in [1.29, 1.82) is 0 Å². The van der Waals surface area contributed by atoms with Crippen molar-refractivity contribution in [1.82, 2.24) is 19.5 Å². The van der Waals surface area contributed by atoms with Crippen LogP contribution >= 0.6 is 11.8 Å². The van der Waals surface area contributed by atoms with Gasteiger partial charge in [-0.1, -0.05) is 6.07 Å². The number of ether oxygens (including phenoxy) is 1. The molecular weight excluding hydrogens is 437 g/mol. The number of rotatable bonds is 6. The molecule has 2 aromatic heterocycles. The van der Waals surface area contributed by atoms with Gasteiger partial charge in [0, 0.05) is 10.6 Å². The van der Waals surface area contributed by atoms with E-state index in [0.29, 0.717) is 27.6 Å². The molecule has 11 heteroatoms. The highest BCUT2D eigenvalue weighted by atomic mass is 32.2. The molecule has 1 aromatic carbocycles. The lowest BCUT2D eigenvalue weighted by atomic mass is 10.1. The van der Waals surface area contributed by atoms with Crippen molar-refractivity contribution < 1.29 is 24.4 Å². The number of nitrogens with zero attached hydrogens (tertiary/aromatic N) is 4. The first-order chi connectivity index (χ1) is 15.5. The van der Waals surface area contributed by atoms with Crippen LogP contribution in [0.1, 0.15) is 25.5 Å². The summed E-state index contributed by atoms with van der Waals surface area (Å²) in [6.07, 6.45) is 1.13. The van der Waals surface area contributed by atoms with Crippen LogP contribution in [-0.4, -0.2) is 71.0 Å². The zero-order valence-electron chi connectivity index (χ0n) is 17.1. The predicted octanol–water partition coefficient (Wildman–Crippen LogP) is 1.70. The maximum atomic E-state index is 13.4. The lowest BCUT2D eigenvalue weighted by Crippen LogP contribution is -2.32. The first kappa shape index (κ1) is 21.5. The zero-order valence-corrected chi connectivity index (χ0v) is 17.9. The standard InChI is InChI=1S/C21H24FN5O4S/c22-11-3-1-4-12(7-11)32-8-15-17(29)18(30)21(31-15)27-10-25-16-19(23-9-24-20(16)27)26-13-5-2-6-14(13)28/h1,3-4,7,9-10,13-15,17-18,21,28-30H,2,5-6,8H2,(H,23,24,26). The van der Waals surface area contributed by atoms with Crippen LogP contribution in [0.15, 0.2) is 41.8 Å². The Hall–Kier alpha value is -2.31. The highest BCUT2D eigenvalue weighted by Crippen LogP contribution is 2.35. The molecule has 1 aliphatic heterocycles. The number of aliphatic hydroxyl groups excluding tert-OH is 3. The summed E-state index contributed by atoms with van der Waals surface area (Å²) in [6, 6.07) is 6.08. The minimum absolute atomic E-state index is 0.0994. The fraction of sp³-hybridized carbons (Fsp3) is 0.476. The van der Waals surface area contributed by atoms with E-state index in [2.05, 4.69) is 20.3 Å². The topological polar surface area (TPSA) is 126 Å². The van der Waals surface area contributed by atoms with Crippen LogP contribution < -0.4 is 5.32 Å². The molecule has 1 saturated heterocycles. The summed E-state index contributed by atoms with van der Waals surface area (Å²) < 4.78 is 21.0. The van der Waals surface area contributed by atoms with Crippen molar-refractivity contribution in [3.05, 3.63) is 42.7 Å². The molecule has 0 amide bonds. The predicted molar refractivity (Wildman–Crippen MR) is 116 cm³/mol. The monoisotopic (exact) mass is 461 g/mol. The van der Waals surface area contributed by atoms with Crippen LogP contribution in [0.4, 0.5) is 10.2 Å². The SMILES string of the molecule is OC1CCCC1Nc1ncnc2c1ncn2C1OC(CSc2cccc(F)c2)C(O)C1O. The van der Waals surface area contributed by atoms with Gasteiger partial charge in [-0.2, -0.15) is 0 Å². The molecule has 9 nitrogen and oxygen atoms in total. The Morgan fingerprint density at radius 3 is 2.81 bits per heavy atom. The number of thioether (sulfide) groups is 1. The highest BCUT2D eigenvalue weighted by Gasteiger charge is 2.44. The molecule has 0 bridgehead atoms. The number of anilines is 1. The average Bonchev–Trinajstić information content (AvgIpc) is 3.46. The number of hydrogen-bond acceptors (Lipinski definition) is 9. The van der Waals surface area contributed by atoms with E-state index in [-0.39, 0.29) is 11.9 Å². The van der Waals surface area contributed by atoms with Crippen LogP contribution in [-0.2, 0) is 4.74 Å². The molecule has 4 N–H and O–H groups in total. The number of fused-ring (bicyclic) bond motifs is 1. The molecule has 6 unspecified atom stereocenters. The molecule has 0 radical (unpaired) electrons. The summed E-state index contributed by atoms with van der Waals surface area (Å²) in [4.78, 5) is 13.7. The molecule has 1 saturated carbocycles. The van der Waals surface area contributed by atoms with Crippen LogP contribution in [0.5, 0.6) is 0 Å². The van der Waals surface area contributed by atoms with Crippen LogP contribution in [0.2, 0.25) is 0 Å². The second-order valence-corrected chi connectivity index (χ2v) is 9.20. The van der Waals surface area contributed by atoms with Crippen LogP contribution in [0, 0.1) is 5.82 Å². The third-order valence-electron chi connectivity index (χ3n) is 5.98. The molecule has 0 spiro atoms. The van der Waals surface area contributed by atoms with Gasteiger partial charge in [0.05, 0.1) is 24.6 Å². The largest absolute Gasteiger partial charge is 0.391 e. The normalized spacial score (nSPS) is 30.2. The Balaban J connectivity index is 1.34. The number of imidazole rings is 1. The zero-order chi connectivity index (χ0) is 22.2. The van der Waals surface area contributed by atoms with Gasteiger partial charge in [-0.15, -0.1) is 11.8 Å². The van der Waals surface area contributed by atoms with E-state index >= 15 is 0 Å². The summed E-state index contributed by atoms with van der Waals surface area (Å²) in [5, 5.41) is 34.5.